The Morgan fingerprint density at radius 2 is 2.27 bits per heavy atom. The highest BCUT2D eigenvalue weighted by atomic mass is 19.1. The van der Waals surface area contributed by atoms with Crippen molar-refractivity contribution in [1.29, 1.82) is 0 Å². The third kappa shape index (κ3) is 2.48. The van der Waals surface area contributed by atoms with Crippen molar-refractivity contribution in [2.75, 3.05) is 6.54 Å². The van der Waals surface area contributed by atoms with E-state index in [2.05, 4.69) is 25.5 Å². The molecule has 0 aliphatic carbocycles. The molecule has 0 bridgehead atoms. The summed E-state index contributed by atoms with van der Waals surface area (Å²) in [5.74, 6) is -0.895. The molecule has 114 valence electrons. The molecule has 0 atom stereocenters. The average Bonchev–Trinajstić information content (AvgIpc) is 3.04. The van der Waals surface area contributed by atoms with E-state index in [4.69, 9.17) is 0 Å². The van der Waals surface area contributed by atoms with Gasteiger partial charge in [-0.05, 0) is 19.1 Å². The zero-order chi connectivity index (χ0) is 15.7. The lowest BCUT2D eigenvalue weighted by Gasteiger charge is -2.01. The Kier molecular flexibility index (Phi) is 3.45. The number of H-pyrrole nitrogens is 2. The fraction of sp³-hybridized carbons (Fsp3) is 0.231. The number of rotatable bonds is 4. The van der Waals surface area contributed by atoms with Gasteiger partial charge in [0.05, 0.1) is 0 Å². The van der Waals surface area contributed by atoms with Crippen LogP contribution in [0.15, 0.2) is 23.0 Å². The van der Waals surface area contributed by atoms with Crippen LogP contribution in [-0.4, -0.2) is 37.0 Å². The number of hydrogen-bond acceptors (Lipinski definition) is 4. The van der Waals surface area contributed by atoms with Crippen LogP contribution in [0, 0.1) is 12.9 Å². The van der Waals surface area contributed by atoms with Gasteiger partial charge in [0, 0.05) is 18.7 Å². The molecule has 0 aliphatic heterocycles. The normalized spacial score (nSPS) is 11.0. The van der Waals surface area contributed by atoms with Crippen LogP contribution >= 0.6 is 0 Å². The number of pyridine rings is 1. The number of halogens is 1. The van der Waals surface area contributed by atoms with E-state index in [-0.39, 0.29) is 12.2 Å². The van der Waals surface area contributed by atoms with Gasteiger partial charge in [-0.3, -0.25) is 14.2 Å². The summed E-state index contributed by atoms with van der Waals surface area (Å²) >= 11 is 0. The van der Waals surface area contributed by atoms with Crippen LogP contribution in [0.2, 0.25) is 0 Å². The lowest BCUT2D eigenvalue weighted by Crippen LogP contribution is -2.27. The van der Waals surface area contributed by atoms with Crippen LogP contribution in [0.1, 0.15) is 22.0 Å². The van der Waals surface area contributed by atoms with Crippen molar-refractivity contribution < 1.29 is 9.18 Å². The largest absolute Gasteiger partial charge is 0.350 e. The number of aromatic nitrogens is 5. The Morgan fingerprint density at radius 1 is 1.45 bits per heavy atom. The van der Waals surface area contributed by atoms with Gasteiger partial charge in [0.15, 0.2) is 5.69 Å². The quantitative estimate of drug-likeness (QED) is 0.638. The molecule has 0 aliphatic rings. The first-order valence-electron chi connectivity index (χ1n) is 6.61. The number of carbonyl (C=O) groups is 1. The summed E-state index contributed by atoms with van der Waals surface area (Å²) in [6.07, 6.45) is 0.318. The van der Waals surface area contributed by atoms with Gasteiger partial charge >= 0.3 is 5.69 Å². The second-order valence-corrected chi connectivity index (χ2v) is 4.74. The van der Waals surface area contributed by atoms with Crippen molar-refractivity contribution in [3.05, 3.63) is 51.8 Å². The van der Waals surface area contributed by atoms with E-state index in [9.17, 15) is 14.0 Å². The van der Waals surface area contributed by atoms with Crippen LogP contribution in [-0.2, 0) is 6.42 Å². The van der Waals surface area contributed by atoms with Gasteiger partial charge in [-0.15, -0.1) is 0 Å². The predicted octanol–water partition coefficient (Wildman–Crippen LogP) is 0.166. The number of aromatic amines is 2. The first-order chi connectivity index (χ1) is 10.6. The van der Waals surface area contributed by atoms with E-state index < -0.39 is 17.5 Å². The molecular formula is C13H13FN6O2. The van der Waals surface area contributed by atoms with Crippen molar-refractivity contribution in [3.63, 3.8) is 0 Å². The van der Waals surface area contributed by atoms with Gasteiger partial charge in [0.1, 0.15) is 11.5 Å². The summed E-state index contributed by atoms with van der Waals surface area (Å²) in [7, 11) is 0. The first kappa shape index (κ1) is 14.0. The van der Waals surface area contributed by atoms with Crippen LogP contribution in [0.5, 0.6) is 0 Å². The maximum atomic E-state index is 14.3. The Morgan fingerprint density at radius 3 is 2.95 bits per heavy atom. The highest BCUT2D eigenvalue weighted by Crippen LogP contribution is 2.13. The smallest absolute Gasteiger partial charge is 0.340 e. The summed E-state index contributed by atoms with van der Waals surface area (Å²) in [4.78, 5) is 29.3. The molecule has 0 saturated heterocycles. The molecule has 0 saturated carbocycles. The van der Waals surface area contributed by atoms with Gasteiger partial charge in [-0.2, -0.15) is 9.49 Å². The number of nitrogens with zero attached hydrogens (tertiary/aromatic N) is 3. The third-order valence-corrected chi connectivity index (χ3v) is 3.20. The molecule has 8 nitrogen and oxygen atoms in total. The minimum Gasteiger partial charge on any atom is -0.350 e. The molecule has 3 aromatic rings. The minimum absolute atomic E-state index is 0.200. The lowest BCUT2D eigenvalue weighted by atomic mass is 10.3. The van der Waals surface area contributed by atoms with E-state index in [1.807, 2.05) is 0 Å². The fourth-order valence-corrected chi connectivity index (χ4v) is 2.16. The number of amides is 1. The van der Waals surface area contributed by atoms with E-state index in [0.29, 0.717) is 23.6 Å². The SMILES string of the molecule is Cc1cccc2nc(C(=O)NCCc3n[nH]c(=O)[nH]3)c(F)n12. The van der Waals surface area contributed by atoms with E-state index in [1.54, 1.807) is 25.1 Å². The summed E-state index contributed by atoms with van der Waals surface area (Å²) in [5.41, 5.74) is 0.350. The second-order valence-electron chi connectivity index (χ2n) is 4.74. The lowest BCUT2D eigenvalue weighted by molar-refractivity contribution is 0.0945. The van der Waals surface area contributed by atoms with Crippen molar-refractivity contribution in [1.82, 2.24) is 29.9 Å². The van der Waals surface area contributed by atoms with Crippen LogP contribution in [0.25, 0.3) is 5.65 Å². The Balaban J connectivity index is 1.73. The number of hydrogen-bond donors (Lipinski definition) is 3. The average molecular weight is 304 g/mol. The Bertz CT molecular complexity index is 893. The number of imidazole rings is 1. The first-order valence-corrected chi connectivity index (χ1v) is 6.61. The molecule has 22 heavy (non-hydrogen) atoms. The van der Waals surface area contributed by atoms with Crippen LogP contribution in [0.3, 0.4) is 0 Å². The van der Waals surface area contributed by atoms with Crippen molar-refractivity contribution >= 4 is 11.6 Å². The Labute approximate surface area is 123 Å². The molecule has 0 spiro atoms. The van der Waals surface area contributed by atoms with Gasteiger partial charge in [-0.1, -0.05) is 6.07 Å². The minimum atomic E-state index is -0.696. The van der Waals surface area contributed by atoms with Crippen LogP contribution in [0.4, 0.5) is 4.39 Å². The topological polar surface area (TPSA) is 108 Å². The molecule has 0 unspecified atom stereocenters. The van der Waals surface area contributed by atoms with Gasteiger partial charge in [0.2, 0.25) is 5.95 Å². The molecule has 0 aromatic carbocycles. The van der Waals surface area contributed by atoms with E-state index >= 15 is 0 Å². The monoisotopic (exact) mass is 304 g/mol. The van der Waals surface area contributed by atoms with Crippen LogP contribution < -0.4 is 11.0 Å². The molecule has 3 heterocycles. The van der Waals surface area contributed by atoms with E-state index in [1.165, 1.54) is 4.40 Å². The number of aryl methyl sites for hydroxylation is 1. The summed E-state index contributed by atoms with van der Waals surface area (Å²) < 4.78 is 15.5. The maximum absolute atomic E-state index is 14.3. The second kappa shape index (κ2) is 5.43. The molecule has 0 fully saturated rings. The zero-order valence-corrected chi connectivity index (χ0v) is 11.7. The summed E-state index contributed by atoms with van der Waals surface area (Å²) in [6, 6.07) is 5.10. The highest BCUT2D eigenvalue weighted by Gasteiger charge is 2.19. The zero-order valence-electron chi connectivity index (χ0n) is 11.7. The predicted molar refractivity (Wildman–Crippen MR) is 75.1 cm³/mol. The van der Waals surface area contributed by atoms with Crippen molar-refractivity contribution in [3.8, 4) is 0 Å². The number of nitrogens with one attached hydrogen (secondary N) is 3. The highest BCUT2D eigenvalue weighted by molar-refractivity contribution is 5.93. The molecule has 1 amide bonds. The standard InChI is InChI=1S/C13H13FN6O2/c1-7-3-2-4-9-17-10(11(14)20(7)9)12(21)15-6-5-8-16-13(22)19-18-8/h2-4H,5-6H2,1H3,(H,15,21)(H2,16,18,19,22). The van der Waals surface area contributed by atoms with Crippen molar-refractivity contribution in [2.24, 2.45) is 0 Å². The third-order valence-electron chi connectivity index (χ3n) is 3.20. The molecule has 9 heteroatoms. The summed E-state index contributed by atoms with van der Waals surface area (Å²) in [5, 5.41) is 8.48. The summed E-state index contributed by atoms with van der Waals surface area (Å²) in [6.45, 7) is 1.93. The Hall–Kier alpha value is -2.97. The van der Waals surface area contributed by atoms with E-state index in [0.717, 1.165) is 0 Å². The number of fused-ring (bicyclic) bond motifs is 1. The van der Waals surface area contributed by atoms with Crippen molar-refractivity contribution in [2.45, 2.75) is 13.3 Å². The molecular weight excluding hydrogens is 291 g/mol. The molecule has 3 rings (SSSR count). The molecule has 3 N–H and O–H groups in total. The fourth-order valence-electron chi connectivity index (χ4n) is 2.16. The van der Waals surface area contributed by atoms with Gasteiger partial charge in [-0.25, -0.2) is 14.9 Å². The van der Waals surface area contributed by atoms with Gasteiger partial charge < -0.3 is 5.32 Å². The number of carbonyl (C=O) groups excluding carboxylic acids is 1. The van der Waals surface area contributed by atoms with Gasteiger partial charge in [0.25, 0.3) is 5.91 Å². The maximum Gasteiger partial charge on any atom is 0.340 e. The molecule has 3 aromatic heterocycles. The molecule has 0 radical (unpaired) electrons.